The predicted molar refractivity (Wildman–Crippen MR) is 90.4 cm³/mol. The van der Waals surface area contributed by atoms with E-state index in [9.17, 15) is 26.4 Å². The Bertz CT molecular complexity index is 831. The first-order valence-corrected chi connectivity index (χ1v) is 10.1. The van der Waals surface area contributed by atoms with Crippen LogP contribution in [0.3, 0.4) is 0 Å². The smallest absolute Gasteiger partial charge is 0.373 e. The van der Waals surface area contributed by atoms with Gasteiger partial charge in [0.2, 0.25) is 10.0 Å². The Hall–Kier alpha value is -1.65. The average molecular weight is 406 g/mol. The number of amides is 1. The fraction of sp³-hybridized carbons (Fsp3) is 0.588. The van der Waals surface area contributed by atoms with Gasteiger partial charge in [0.25, 0.3) is 0 Å². The summed E-state index contributed by atoms with van der Waals surface area (Å²) in [5.74, 6) is -1.91. The SMILES string of the molecule is C[C@@H]1CN(S(=O)(=O)c2ccc3c(c2)CN(C(=O)C(F)(F)F)CC3)C[C@H](C)O1. The van der Waals surface area contributed by atoms with E-state index < -0.39 is 22.1 Å². The van der Waals surface area contributed by atoms with Gasteiger partial charge in [-0.3, -0.25) is 4.79 Å². The molecule has 1 aromatic carbocycles. The van der Waals surface area contributed by atoms with Gasteiger partial charge >= 0.3 is 12.1 Å². The topological polar surface area (TPSA) is 66.9 Å². The fourth-order valence-electron chi connectivity index (χ4n) is 3.52. The number of hydrogen-bond acceptors (Lipinski definition) is 4. The van der Waals surface area contributed by atoms with E-state index in [1.807, 2.05) is 0 Å². The first-order chi connectivity index (χ1) is 12.5. The third kappa shape index (κ3) is 4.12. The minimum atomic E-state index is -4.94. The van der Waals surface area contributed by atoms with Gasteiger partial charge < -0.3 is 9.64 Å². The summed E-state index contributed by atoms with van der Waals surface area (Å²) < 4.78 is 70.8. The van der Waals surface area contributed by atoms with Crippen molar-refractivity contribution >= 4 is 15.9 Å². The summed E-state index contributed by atoms with van der Waals surface area (Å²) in [4.78, 5) is 12.2. The summed E-state index contributed by atoms with van der Waals surface area (Å²) in [5, 5.41) is 0. The van der Waals surface area contributed by atoms with Crippen LogP contribution in [-0.2, 0) is 32.5 Å². The van der Waals surface area contributed by atoms with Gasteiger partial charge in [-0.2, -0.15) is 17.5 Å². The monoisotopic (exact) mass is 406 g/mol. The number of sulfonamides is 1. The maximum Gasteiger partial charge on any atom is 0.471 e. The van der Waals surface area contributed by atoms with Crippen molar-refractivity contribution in [3.8, 4) is 0 Å². The van der Waals surface area contributed by atoms with Gasteiger partial charge in [-0.05, 0) is 43.5 Å². The molecule has 150 valence electrons. The van der Waals surface area contributed by atoms with Crippen LogP contribution in [-0.4, -0.2) is 61.5 Å². The second-order valence-corrected chi connectivity index (χ2v) is 8.92. The fourth-order valence-corrected chi connectivity index (χ4v) is 5.16. The van der Waals surface area contributed by atoms with E-state index in [-0.39, 0.29) is 49.7 Å². The highest BCUT2D eigenvalue weighted by molar-refractivity contribution is 7.89. The molecule has 2 atom stereocenters. The lowest BCUT2D eigenvalue weighted by Crippen LogP contribution is -2.48. The first kappa shape index (κ1) is 20.1. The molecule has 0 aliphatic carbocycles. The Morgan fingerprint density at radius 1 is 1.15 bits per heavy atom. The van der Waals surface area contributed by atoms with Gasteiger partial charge in [0.15, 0.2) is 0 Å². The highest BCUT2D eigenvalue weighted by atomic mass is 32.2. The molecule has 3 rings (SSSR count). The van der Waals surface area contributed by atoms with Crippen LogP contribution in [0.1, 0.15) is 25.0 Å². The first-order valence-electron chi connectivity index (χ1n) is 8.62. The van der Waals surface area contributed by atoms with Crippen molar-refractivity contribution in [3.05, 3.63) is 29.3 Å². The average Bonchev–Trinajstić information content (AvgIpc) is 2.58. The van der Waals surface area contributed by atoms with Crippen molar-refractivity contribution in [3.63, 3.8) is 0 Å². The van der Waals surface area contributed by atoms with E-state index in [0.29, 0.717) is 10.5 Å². The Morgan fingerprint density at radius 2 is 1.78 bits per heavy atom. The lowest BCUT2D eigenvalue weighted by atomic mass is 10.00. The van der Waals surface area contributed by atoms with Crippen molar-refractivity contribution in [1.82, 2.24) is 9.21 Å². The van der Waals surface area contributed by atoms with Crippen molar-refractivity contribution < 1.29 is 31.1 Å². The molecule has 0 spiro atoms. The van der Waals surface area contributed by atoms with Crippen LogP contribution in [0.2, 0.25) is 0 Å². The van der Waals surface area contributed by atoms with Gasteiger partial charge in [-0.25, -0.2) is 8.42 Å². The van der Waals surface area contributed by atoms with Crippen molar-refractivity contribution in [1.29, 1.82) is 0 Å². The van der Waals surface area contributed by atoms with Crippen LogP contribution < -0.4 is 0 Å². The van der Waals surface area contributed by atoms with Gasteiger partial charge in [0, 0.05) is 26.2 Å². The van der Waals surface area contributed by atoms with Crippen molar-refractivity contribution in [2.24, 2.45) is 0 Å². The molecule has 1 amide bonds. The number of carbonyl (C=O) groups excluding carboxylic acids is 1. The molecule has 6 nitrogen and oxygen atoms in total. The molecule has 2 heterocycles. The number of nitrogens with zero attached hydrogens (tertiary/aromatic N) is 2. The zero-order chi connectivity index (χ0) is 20.0. The summed E-state index contributed by atoms with van der Waals surface area (Å²) in [6, 6.07) is 4.47. The minimum Gasteiger partial charge on any atom is -0.373 e. The second-order valence-electron chi connectivity index (χ2n) is 6.98. The van der Waals surface area contributed by atoms with Crippen molar-refractivity contribution in [2.75, 3.05) is 19.6 Å². The maximum absolute atomic E-state index is 12.9. The highest BCUT2D eigenvalue weighted by Gasteiger charge is 2.43. The van der Waals surface area contributed by atoms with Crippen LogP contribution in [0, 0.1) is 0 Å². The lowest BCUT2D eigenvalue weighted by molar-refractivity contribution is -0.186. The van der Waals surface area contributed by atoms with Gasteiger partial charge in [-0.15, -0.1) is 0 Å². The summed E-state index contributed by atoms with van der Waals surface area (Å²) in [5.41, 5.74) is 1.18. The van der Waals surface area contributed by atoms with E-state index in [4.69, 9.17) is 4.74 Å². The van der Waals surface area contributed by atoms with Crippen LogP contribution in [0.15, 0.2) is 23.1 Å². The number of fused-ring (bicyclic) bond motifs is 1. The Labute approximate surface area is 155 Å². The van der Waals surface area contributed by atoms with Crippen LogP contribution in [0.5, 0.6) is 0 Å². The van der Waals surface area contributed by atoms with Crippen molar-refractivity contribution in [2.45, 2.75) is 50.1 Å². The second kappa shape index (κ2) is 7.06. The zero-order valence-corrected chi connectivity index (χ0v) is 15.8. The van der Waals surface area contributed by atoms with E-state index in [1.54, 1.807) is 19.9 Å². The van der Waals surface area contributed by atoms with E-state index in [0.717, 1.165) is 5.56 Å². The van der Waals surface area contributed by atoms with E-state index in [2.05, 4.69) is 0 Å². The van der Waals surface area contributed by atoms with Gasteiger partial charge in [0.05, 0.1) is 17.1 Å². The Morgan fingerprint density at radius 3 is 2.37 bits per heavy atom. The predicted octanol–water partition coefficient (Wildman–Crippen LogP) is 1.93. The van der Waals surface area contributed by atoms with Gasteiger partial charge in [0.1, 0.15) is 0 Å². The summed E-state index contributed by atoms with van der Waals surface area (Å²) in [6.45, 7) is 3.69. The zero-order valence-electron chi connectivity index (χ0n) is 15.0. The van der Waals surface area contributed by atoms with Crippen LogP contribution in [0.25, 0.3) is 0 Å². The molecule has 2 aliphatic heterocycles. The molecule has 0 aromatic heterocycles. The third-order valence-corrected chi connectivity index (χ3v) is 6.57. The van der Waals surface area contributed by atoms with Gasteiger partial charge in [-0.1, -0.05) is 6.07 Å². The molecule has 2 aliphatic rings. The van der Waals surface area contributed by atoms with E-state index >= 15 is 0 Å². The number of halogens is 3. The molecule has 1 aromatic rings. The molecule has 0 radical (unpaired) electrons. The molecule has 27 heavy (non-hydrogen) atoms. The Balaban J connectivity index is 1.86. The third-order valence-electron chi connectivity index (χ3n) is 4.74. The number of carbonyl (C=O) groups is 1. The molecule has 10 heteroatoms. The standard InChI is InChI=1S/C17H21F3N2O4S/c1-11-8-22(9-12(2)26-11)27(24,25)15-4-3-13-5-6-21(10-14(13)7-15)16(23)17(18,19)20/h3-4,7,11-12H,5-6,8-10H2,1-2H3/t11-,12+. The number of benzene rings is 1. The van der Waals surface area contributed by atoms with E-state index in [1.165, 1.54) is 16.4 Å². The molecule has 0 bridgehead atoms. The number of rotatable bonds is 2. The number of morpholine rings is 1. The highest BCUT2D eigenvalue weighted by Crippen LogP contribution is 2.28. The number of hydrogen-bond donors (Lipinski definition) is 0. The molecular weight excluding hydrogens is 385 g/mol. The molecule has 0 unspecified atom stereocenters. The van der Waals surface area contributed by atoms with Crippen LogP contribution >= 0.6 is 0 Å². The summed E-state index contributed by atoms with van der Waals surface area (Å²) in [6.07, 6.45) is -5.19. The quantitative estimate of drug-likeness (QED) is 0.753. The molecule has 1 fully saturated rings. The molecular formula is C17H21F3N2O4S. The molecule has 0 N–H and O–H groups in total. The molecule has 1 saturated heterocycles. The maximum atomic E-state index is 12.9. The molecule has 0 saturated carbocycles. The van der Waals surface area contributed by atoms with Crippen LogP contribution in [0.4, 0.5) is 13.2 Å². The number of alkyl halides is 3. The Kier molecular flexibility index (Phi) is 5.26. The normalized spacial score (nSPS) is 24.6. The largest absolute Gasteiger partial charge is 0.471 e. The number of ether oxygens (including phenoxy) is 1. The minimum absolute atomic E-state index is 0.0175. The lowest BCUT2D eigenvalue weighted by Gasteiger charge is -2.35. The summed E-state index contributed by atoms with van der Waals surface area (Å²) >= 11 is 0. The summed E-state index contributed by atoms with van der Waals surface area (Å²) in [7, 11) is -3.80.